The molecular weight excluding hydrogens is 352 g/mol. The summed E-state index contributed by atoms with van der Waals surface area (Å²) in [5.41, 5.74) is 5.16. The highest BCUT2D eigenvalue weighted by molar-refractivity contribution is 7.18. The van der Waals surface area contributed by atoms with Gasteiger partial charge in [-0.15, -0.1) is 22.7 Å². The number of thiophene rings is 2. The van der Waals surface area contributed by atoms with Crippen LogP contribution in [-0.4, -0.2) is 0 Å². The van der Waals surface area contributed by atoms with E-state index in [0.29, 0.717) is 0 Å². The molecule has 0 aliphatic heterocycles. The highest BCUT2D eigenvalue weighted by Gasteiger charge is 2.14. The molecular formula is C24H16S2. The molecule has 0 atom stereocenters. The number of rotatable bonds is 3. The summed E-state index contributed by atoms with van der Waals surface area (Å²) in [7, 11) is 0. The van der Waals surface area contributed by atoms with E-state index >= 15 is 0 Å². The van der Waals surface area contributed by atoms with Crippen molar-refractivity contribution in [3.8, 4) is 0 Å². The Hall–Kier alpha value is -2.68. The van der Waals surface area contributed by atoms with E-state index in [-0.39, 0.29) is 0 Å². The zero-order valence-electron chi connectivity index (χ0n) is 14.1. The Bertz CT molecular complexity index is 1150. The molecule has 5 rings (SSSR count). The molecule has 0 bridgehead atoms. The number of benzene rings is 3. The predicted molar refractivity (Wildman–Crippen MR) is 117 cm³/mol. The maximum absolute atomic E-state index is 2.32. The summed E-state index contributed by atoms with van der Waals surface area (Å²) in [6.07, 6.45) is 2.32. The van der Waals surface area contributed by atoms with Crippen LogP contribution in [0.25, 0.3) is 31.8 Å². The van der Waals surface area contributed by atoms with Gasteiger partial charge in [0.15, 0.2) is 0 Å². The molecule has 2 heteroatoms. The van der Waals surface area contributed by atoms with Crippen LogP contribution in [0.1, 0.15) is 16.7 Å². The molecule has 0 nitrogen and oxygen atoms in total. The Labute approximate surface area is 160 Å². The van der Waals surface area contributed by atoms with Gasteiger partial charge in [-0.05, 0) is 40.1 Å². The number of hydrogen-bond acceptors (Lipinski definition) is 2. The third-order valence-corrected chi connectivity index (χ3v) is 6.58. The van der Waals surface area contributed by atoms with Crippen molar-refractivity contribution in [3.05, 3.63) is 106 Å². The Balaban J connectivity index is 1.80. The normalized spacial score (nSPS) is 11.1. The molecule has 0 saturated heterocycles. The van der Waals surface area contributed by atoms with Crippen molar-refractivity contribution in [1.82, 2.24) is 0 Å². The summed E-state index contributed by atoms with van der Waals surface area (Å²) in [5, 5.41) is 7.25. The first-order valence-corrected chi connectivity index (χ1v) is 10.4. The Morgan fingerprint density at radius 2 is 1.08 bits per heavy atom. The van der Waals surface area contributed by atoms with Crippen molar-refractivity contribution < 1.29 is 0 Å². The third-order valence-electron chi connectivity index (χ3n) is 4.65. The SMILES string of the molecule is C(=C(c1csc2ccccc12)c1csc2ccccc12)c1ccccc1. The Morgan fingerprint density at radius 1 is 0.577 bits per heavy atom. The van der Waals surface area contributed by atoms with Gasteiger partial charge in [0.2, 0.25) is 0 Å². The van der Waals surface area contributed by atoms with Crippen LogP contribution < -0.4 is 0 Å². The number of hydrogen-bond donors (Lipinski definition) is 0. The molecule has 2 aromatic heterocycles. The lowest BCUT2D eigenvalue weighted by Crippen LogP contribution is -1.86. The van der Waals surface area contributed by atoms with Crippen LogP contribution in [0, 0.1) is 0 Å². The van der Waals surface area contributed by atoms with Gasteiger partial charge in [-0.25, -0.2) is 0 Å². The van der Waals surface area contributed by atoms with Gasteiger partial charge < -0.3 is 0 Å². The first-order valence-electron chi connectivity index (χ1n) is 8.60. The van der Waals surface area contributed by atoms with Crippen LogP contribution in [0.4, 0.5) is 0 Å². The van der Waals surface area contributed by atoms with E-state index in [4.69, 9.17) is 0 Å². The lowest BCUT2D eigenvalue weighted by atomic mass is 9.95. The van der Waals surface area contributed by atoms with Crippen molar-refractivity contribution >= 4 is 54.5 Å². The van der Waals surface area contributed by atoms with E-state index in [1.807, 2.05) is 22.7 Å². The van der Waals surface area contributed by atoms with Gasteiger partial charge in [-0.3, -0.25) is 0 Å². The van der Waals surface area contributed by atoms with E-state index in [1.54, 1.807) is 0 Å². The van der Waals surface area contributed by atoms with Gasteiger partial charge >= 0.3 is 0 Å². The maximum atomic E-state index is 2.32. The van der Waals surface area contributed by atoms with Crippen LogP contribution in [0.15, 0.2) is 89.6 Å². The summed E-state index contributed by atoms with van der Waals surface area (Å²) in [6, 6.07) is 28.0. The summed E-state index contributed by atoms with van der Waals surface area (Å²) in [6.45, 7) is 0. The lowest BCUT2D eigenvalue weighted by molar-refractivity contribution is 1.65. The molecule has 0 N–H and O–H groups in total. The summed E-state index contributed by atoms with van der Waals surface area (Å²) in [5.74, 6) is 0. The molecule has 2 heterocycles. The Morgan fingerprint density at radius 3 is 1.65 bits per heavy atom. The molecule has 3 aromatic carbocycles. The fraction of sp³-hybridized carbons (Fsp3) is 0. The smallest absolute Gasteiger partial charge is 0.0349 e. The van der Waals surface area contributed by atoms with Crippen molar-refractivity contribution in [2.24, 2.45) is 0 Å². The first-order chi connectivity index (χ1) is 12.9. The number of fused-ring (bicyclic) bond motifs is 2. The molecule has 124 valence electrons. The van der Waals surface area contributed by atoms with Gasteiger partial charge in [-0.1, -0.05) is 66.7 Å². The second-order valence-electron chi connectivity index (χ2n) is 6.26. The first kappa shape index (κ1) is 15.6. The molecule has 26 heavy (non-hydrogen) atoms. The maximum Gasteiger partial charge on any atom is 0.0349 e. The van der Waals surface area contributed by atoms with Crippen molar-refractivity contribution in [2.45, 2.75) is 0 Å². The average molecular weight is 369 g/mol. The molecule has 0 saturated carbocycles. The standard InChI is InChI=1S/C24H16S2/c1-2-8-17(9-3-1)14-20(21-15-25-23-12-6-4-10-18(21)23)22-16-26-24-13-7-5-11-19(22)24/h1-16H. The minimum absolute atomic E-state index is 1.23. The minimum Gasteiger partial charge on any atom is -0.143 e. The molecule has 5 aromatic rings. The summed E-state index contributed by atoms with van der Waals surface area (Å²) < 4.78 is 2.67. The van der Waals surface area contributed by atoms with Gasteiger partial charge in [0, 0.05) is 31.3 Å². The van der Waals surface area contributed by atoms with Crippen LogP contribution >= 0.6 is 22.7 Å². The largest absolute Gasteiger partial charge is 0.143 e. The summed E-state index contributed by atoms with van der Waals surface area (Å²) in [4.78, 5) is 0. The molecule has 0 fully saturated rings. The highest BCUT2D eigenvalue weighted by atomic mass is 32.1. The van der Waals surface area contributed by atoms with E-state index in [2.05, 4.69) is 95.7 Å². The predicted octanol–water partition coefficient (Wildman–Crippen LogP) is 7.70. The van der Waals surface area contributed by atoms with Gasteiger partial charge in [0.05, 0.1) is 0 Å². The van der Waals surface area contributed by atoms with Crippen LogP contribution in [0.5, 0.6) is 0 Å². The van der Waals surface area contributed by atoms with E-state index in [9.17, 15) is 0 Å². The van der Waals surface area contributed by atoms with Gasteiger partial charge in [0.25, 0.3) is 0 Å². The molecule has 0 radical (unpaired) electrons. The quantitative estimate of drug-likeness (QED) is 0.306. The fourth-order valence-electron chi connectivity index (χ4n) is 3.39. The second kappa shape index (κ2) is 6.56. The lowest BCUT2D eigenvalue weighted by Gasteiger charge is -2.08. The van der Waals surface area contributed by atoms with Crippen molar-refractivity contribution in [2.75, 3.05) is 0 Å². The van der Waals surface area contributed by atoms with Crippen molar-refractivity contribution in [3.63, 3.8) is 0 Å². The zero-order chi connectivity index (χ0) is 17.3. The van der Waals surface area contributed by atoms with Crippen molar-refractivity contribution in [1.29, 1.82) is 0 Å². The van der Waals surface area contributed by atoms with Gasteiger partial charge in [-0.2, -0.15) is 0 Å². The zero-order valence-corrected chi connectivity index (χ0v) is 15.7. The molecule has 0 aliphatic carbocycles. The minimum atomic E-state index is 1.23. The Kier molecular flexibility index (Phi) is 3.93. The van der Waals surface area contributed by atoms with Gasteiger partial charge in [0.1, 0.15) is 0 Å². The molecule has 0 aliphatic rings. The van der Waals surface area contributed by atoms with Crippen LogP contribution in [0.3, 0.4) is 0 Å². The summed E-state index contributed by atoms with van der Waals surface area (Å²) >= 11 is 3.64. The monoisotopic (exact) mass is 368 g/mol. The fourth-order valence-corrected chi connectivity index (χ4v) is 5.31. The van der Waals surface area contributed by atoms with Crippen LogP contribution in [-0.2, 0) is 0 Å². The molecule has 0 unspecified atom stereocenters. The average Bonchev–Trinajstić information content (AvgIpc) is 3.32. The topological polar surface area (TPSA) is 0 Å². The van der Waals surface area contributed by atoms with Crippen LogP contribution in [0.2, 0.25) is 0 Å². The van der Waals surface area contributed by atoms with E-state index in [0.717, 1.165) is 0 Å². The second-order valence-corrected chi connectivity index (χ2v) is 8.08. The molecule has 0 amide bonds. The molecule has 0 spiro atoms. The highest BCUT2D eigenvalue weighted by Crippen LogP contribution is 2.40. The van der Waals surface area contributed by atoms with E-state index in [1.165, 1.54) is 42.4 Å². The van der Waals surface area contributed by atoms with E-state index < -0.39 is 0 Å². The third kappa shape index (κ3) is 2.68.